The number of hydrogen-bond donors (Lipinski definition) is 6. The SMILES string of the molecule is CCC(C)[C@H](NC(=O)[C@@H]1CCCN1C[C@@H](O)[C@H](Cc1ccccc1)NC(=O)[C@H](CC(N)=O)NC(=O)OCc1ccccc1)C(=O)NCC(C)C. The largest absolute Gasteiger partial charge is 0.445 e. The van der Waals surface area contributed by atoms with E-state index in [1.54, 1.807) is 24.3 Å². The molecular formula is C37H54N6O7. The van der Waals surface area contributed by atoms with Gasteiger partial charge in [0.05, 0.1) is 24.6 Å². The van der Waals surface area contributed by atoms with Crippen molar-refractivity contribution >= 4 is 29.7 Å². The Kier molecular flexibility index (Phi) is 16.2. The summed E-state index contributed by atoms with van der Waals surface area (Å²) in [6, 6.07) is 14.7. The summed E-state index contributed by atoms with van der Waals surface area (Å²) < 4.78 is 5.25. The molecule has 5 amide bonds. The first-order valence-corrected chi connectivity index (χ1v) is 17.5. The standard InChI is InChI=1S/C37H54N6O7/c1-5-25(4)33(36(48)39-21-24(2)3)42-35(47)30-17-12-18-43(30)22-31(44)28(19-26-13-8-6-9-14-26)40-34(46)29(20-32(38)45)41-37(49)50-23-27-15-10-7-11-16-27/h6-11,13-16,24-25,28-31,33,44H,5,12,17-23H2,1-4H3,(H2,38,45)(H,39,48)(H,40,46)(H,41,49)(H,42,47)/t25?,28-,29-,30-,31+,33-/m0/s1. The van der Waals surface area contributed by atoms with Gasteiger partial charge in [0.2, 0.25) is 23.6 Å². The molecule has 0 bridgehead atoms. The fourth-order valence-corrected chi connectivity index (χ4v) is 5.83. The molecule has 1 unspecified atom stereocenters. The Hall–Kier alpha value is -4.49. The first-order valence-electron chi connectivity index (χ1n) is 17.5. The molecule has 0 saturated carbocycles. The van der Waals surface area contributed by atoms with Gasteiger partial charge < -0.3 is 36.8 Å². The van der Waals surface area contributed by atoms with E-state index < -0.39 is 54.6 Å². The molecular weight excluding hydrogens is 640 g/mol. The number of β-amino-alcohol motifs (C(OH)–C–C–N with tert-alkyl or cyclic N) is 1. The fourth-order valence-electron chi connectivity index (χ4n) is 5.83. The number of aliphatic hydroxyl groups is 1. The fraction of sp³-hybridized carbons (Fsp3) is 0.541. The smallest absolute Gasteiger partial charge is 0.408 e. The predicted molar refractivity (Wildman–Crippen MR) is 189 cm³/mol. The van der Waals surface area contributed by atoms with Gasteiger partial charge in [-0.3, -0.25) is 24.1 Å². The molecule has 0 spiro atoms. The molecule has 13 heteroatoms. The molecule has 13 nitrogen and oxygen atoms in total. The molecule has 1 aliphatic heterocycles. The van der Waals surface area contributed by atoms with Crippen LogP contribution >= 0.6 is 0 Å². The lowest BCUT2D eigenvalue weighted by atomic mass is 9.97. The minimum atomic E-state index is -1.36. The predicted octanol–water partition coefficient (Wildman–Crippen LogP) is 2.01. The number of primary amides is 1. The number of carbonyl (C=O) groups is 5. The number of hydrogen-bond acceptors (Lipinski definition) is 8. The maximum atomic E-state index is 13.6. The quantitative estimate of drug-likeness (QED) is 0.129. The first kappa shape index (κ1) is 39.9. The maximum absolute atomic E-state index is 13.6. The Morgan fingerprint density at radius 3 is 2.16 bits per heavy atom. The Morgan fingerprint density at radius 2 is 1.56 bits per heavy atom. The van der Waals surface area contributed by atoms with Gasteiger partial charge in [0.1, 0.15) is 18.7 Å². The van der Waals surface area contributed by atoms with Gasteiger partial charge in [-0.05, 0) is 48.8 Å². The molecule has 2 aromatic rings. The molecule has 0 aromatic heterocycles. The lowest BCUT2D eigenvalue weighted by Gasteiger charge is -2.32. The lowest BCUT2D eigenvalue weighted by Crippen LogP contribution is -2.58. The van der Waals surface area contributed by atoms with E-state index in [0.717, 1.165) is 11.1 Å². The summed E-state index contributed by atoms with van der Waals surface area (Å²) in [6.07, 6.45) is -0.358. The van der Waals surface area contributed by atoms with Crippen molar-refractivity contribution in [3.8, 4) is 0 Å². The zero-order chi connectivity index (χ0) is 36.6. The summed E-state index contributed by atoms with van der Waals surface area (Å²) in [6.45, 7) is 8.95. The zero-order valence-corrected chi connectivity index (χ0v) is 29.6. The molecule has 1 aliphatic rings. The molecule has 6 atom stereocenters. The second kappa shape index (κ2) is 20.2. The summed E-state index contributed by atoms with van der Waals surface area (Å²) in [5.41, 5.74) is 6.99. The zero-order valence-electron chi connectivity index (χ0n) is 29.6. The van der Waals surface area contributed by atoms with Crippen molar-refractivity contribution in [1.82, 2.24) is 26.2 Å². The molecule has 0 aliphatic carbocycles. The van der Waals surface area contributed by atoms with Gasteiger partial charge in [-0.2, -0.15) is 0 Å². The second-order valence-electron chi connectivity index (χ2n) is 13.5. The molecule has 2 aromatic carbocycles. The van der Waals surface area contributed by atoms with Crippen LogP contribution in [-0.2, 0) is 36.9 Å². The highest BCUT2D eigenvalue weighted by Gasteiger charge is 2.37. The van der Waals surface area contributed by atoms with Crippen LogP contribution in [0.2, 0.25) is 0 Å². The van der Waals surface area contributed by atoms with Gasteiger partial charge in [-0.15, -0.1) is 0 Å². The highest BCUT2D eigenvalue weighted by Crippen LogP contribution is 2.20. The number of nitrogens with zero attached hydrogens (tertiary/aromatic N) is 1. The minimum Gasteiger partial charge on any atom is -0.445 e. The van der Waals surface area contributed by atoms with Crippen molar-refractivity contribution in [1.29, 1.82) is 0 Å². The van der Waals surface area contributed by atoms with E-state index in [1.165, 1.54) is 0 Å². The summed E-state index contributed by atoms with van der Waals surface area (Å²) in [4.78, 5) is 66.6. The summed E-state index contributed by atoms with van der Waals surface area (Å²) in [5, 5.41) is 22.7. The number of rotatable bonds is 19. The summed E-state index contributed by atoms with van der Waals surface area (Å²) >= 11 is 0. The molecule has 1 heterocycles. The number of nitrogens with two attached hydrogens (primary N) is 1. The van der Waals surface area contributed by atoms with E-state index in [4.69, 9.17) is 10.5 Å². The Balaban J connectivity index is 1.72. The van der Waals surface area contributed by atoms with E-state index in [2.05, 4.69) is 21.3 Å². The highest BCUT2D eigenvalue weighted by atomic mass is 16.5. The molecule has 50 heavy (non-hydrogen) atoms. The van der Waals surface area contributed by atoms with E-state index in [-0.39, 0.29) is 43.2 Å². The molecule has 1 saturated heterocycles. The lowest BCUT2D eigenvalue weighted by molar-refractivity contribution is -0.133. The van der Waals surface area contributed by atoms with Crippen molar-refractivity contribution in [2.45, 2.75) is 96.7 Å². The van der Waals surface area contributed by atoms with Crippen LogP contribution in [-0.4, -0.2) is 89.6 Å². The third-order valence-electron chi connectivity index (χ3n) is 8.88. The maximum Gasteiger partial charge on any atom is 0.408 e. The van der Waals surface area contributed by atoms with Gasteiger partial charge in [0.25, 0.3) is 0 Å². The molecule has 1 fully saturated rings. The average molecular weight is 695 g/mol. The van der Waals surface area contributed by atoms with Gasteiger partial charge in [-0.25, -0.2) is 4.79 Å². The number of amides is 5. The van der Waals surface area contributed by atoms with Crippen molar-refractivity contribution in [2.24, 2.45) is 17.6 Å². The number of aliphatic hydroxyl groups excluding tert-OH is 1. The third-order valence-corrected chi connectivity index (χ3v) is 8.88. The minimum absolute atomic E-state index is 0.0434. The van der Waals surface area contributed by atoms with E-state index in [9.17, 15) is 29.1 Å². The molecule has 3 rings (SSSR count). The van der Waals surface area contributed by atoms with Gasteiger partial charge in [-0.1, -0.05) is 94.8 Å². The van der Waals surface area contributed by atoms with Crippen LogP contribution in [0.25, 0.3) is 0 Å². The van der Waals surface area contributed by atoms with Crippen LogP contribution < -0.4 is 27.0 Å². The van der Waals surface area contributed by atoms with E-state index >= 15 is 0 Å². The topological polar surface area (TPSA) is 192 Å². The van der Waals surface area contributed by atoms with Crippen LogP contribution in [0, 0.1) is 11.8 Å². The Labute approximate surface area is 295 Å². The Bertz CT molecular complexity index is 1390. The number of likely N-dealkylation sites (tertiary alicyclic amines) is 1. The van der Waals surface area contributed by atoms with E-state index in [1.807, 2.05) is 69.0 Å². The summed E-state index contributed by atoms with van der Waals surface area (Å²) in [5.74, 6) is -1.87. The average Bonchev–Trinajstić information content (AvgIpc) is 3.56. The highest BCUT2D eigenvalue weighted by molar-refractivity contribution is 5.91. The van der Waals surface area contributed by atoms with Crippen molar-refractivity contribution in [3.05, 3.63) is 71.8 Å². The number of benzene rings is 2. The van der Waals surface area contributed by atoms with Gasteiger partial charge in [0.15, 0.2) is 0 Å². The number of alkyl carbamates (subject to hydrolysis) is 1. The normalized spacial score (nSPS) is 17.5. The number of carbonyl (C=O) groups excluding carboxylic acids is 5. The molecule has 274 valence electrons. The van der Waals surface area contributed by atoms with Crippen molar-refractivity contribution < 1.29 is 33.8 Å². The van der Waals surface area contributed by atoms with Crippen LogP contribution in [0.15, 0.2) is 60.7 Å². The summed E-state index contributed by atoms with van der Waals surface area (Å²) in [7, 11) is 0. The van der Waals surface area contributed by atoms with E-state index in [0.29, 0.717) is 32.4 Å². The monoisotopic (exact) mass is 694 g/mol. The van der Waals surface area contributed by atoms with Gasteiger partial charge >= 0.3 is 6.09 Å². The van der Waals surface area contributed by atoms with Crippen LogP contribution in [0.5, 0.6) is 0 Å². The molecule has 0 radical (unpaired) electrons. The van der Waals surface area contributed by atoms with Crippen LogP contribution in [0.1, 0.15) is 64.5 Å². The number of ether oxygens (including phenoxy) is 1. The first-order chi connectivity index (χ1) is 23.9. The van der Waals surface area contributed by atoms with Crippen LogP contribution in [0.3, 0.4) is 0 Å². The third kappa shape index (κ3) is 13.1. The van der Waals surface area contributed by atoms with Crippen LogP contribution in [0.4, 0.5) is 4.79 Å². The van der Waals surface area contributed by atoms with Crippen molar-refractivity contribution in [3.63, 3.8) is 0 Å². The van der Waals surface area contributed by atoms with Crippen molar-refractivity contribution in [2.75, 3.05) is 19.6 Å². The molecule has 7 N–H and O–H groups in total. The Morgan fingerprint density at radius 1 is 0.920 bits per heavy atom. The van der Waals surface area contributed by atoms with Gasteiger partial charge in [0, 0.05) is 13.1 Å². The second-order valence-corrected chi connectivity index (χ2v) is 13.5. The number of nitrogens with one attached hydrogen (secondary N) is 4.